The van der Waals surface area contributed by atoms with E-state index in [1.165, 1.54) is 4.35 Å². The van der Waals surface area contributed by atoms with Gasteiger partial charge in [-0.25, -0.2) is 0 Å². The molecule has 0 radical (unpaired) electrons. The van der Waals surface area contributed by atoms with E-state index >= 15 is 0 Å². The molecular formula is C9H11AsO3. The fourth-order valence-corrected chi connectivity index (χ4v) is 2.96. The second kappa shape index (κ2) is 4.03. The van der Waals surface area contributed by atoms with Gasteiger partial charge in [0.05, 0.1) is 0 Å². The van der Waals surface area contributed by atoms with Crippen molar-refractivity contribution in [2.45, 2.75) is 5.21 Å². The van der Waals surface area contributed by atoms with Crippen LogP contribution < -0.4 is 13.8 Å². The maximum absolute atomic E-state index is 8.70. The van der Waals surface area contributed by atoms with Crippen molar-refractivity contribution in [3.63, 3.8) is 0 Å². The van der Waals surface area contributed by atoms with Gasteiger partial charge in [0.15, 0.2) is 0 Å². The van der Waals surface area contributed by atoms with Crippen LogP contribution in [0.25, 0.3) is 0 Å². The summed E-state index contributed by atoms with van der Waals surface area (Å²) in [6.45, 7) is 0.618. The van der Waals surface area contributed by atoms with E-state index in [9.17, 15) is 0 Å². The van der Waals surface area contributed by atoms with Crippen molar-refractivity contribution in [1.82, 2.24) is 0 Å². The Balaban J connectivity index is 2.12. The van der Waals surface area contributed by atoms with E-state index in [-0.39, 0.29) is 22.4 Å². The molecular weight excluding hydrogens is 231 g/mol. The van der Waals surface area contributed by atoms with Crippen molar-refractivity contribution in [2.75, 3.05) is 13.4 Å². The maximum atomic E-state index is 8.70. The Kier molecular flexibility index (Phi) is 2.76. The third kappa shape index (κ3) is 1.98. The van der Waals surface area contributed by atoms with Crippen LogP contribution in [0.4, 0.5) is 0 Å². The average molecular weight is 242 g/mol. The molecule has 1 heterocycles. The van der Waals surface area contributed by atoms with Gasteiger partial charge in [0, 0.05) is 0 Å². The third-order valence-corrected chi connectivity index (χ3v) is 4.32. The predicted octanol–water partition coefficient (Wildman–Crippen LogP) is -0.112. The Hall–Kier alpha value is -0.662. The first-order valence-corrected chi connectivity index (χ1v) is 6.68. The van der Waals surface area contributed by atoms with Crippen molar-refractivity contribution < 1.29 is 14.6 Å². The van der Waals surface area contributed by atoms with Gasteiger partial charge in [-0.05, 0) is 0 Å². The summed E-state index contributed by atoms with van der Waals surface area (Å²) in [7, 11) is 0. The monoisotopic (exact) mass is 242 g/mol. The molecule has 1 unspecified atom stereocenters. The zero-order valence-electron chi connectivity index (χ0n) is 7.12. The van der Waals surface area contributed by atoms with Crippen LogP contribution in [0.15, 0.2) is 18.2 Å². The number of hydrogen-bond donors (Lipinski definition) is 1. The summed E-state index contributed by atoms with van der Waals surface area (Å²) in [5, 5.41) is 9.61. The topological polar surface area (TPSA) is 38.7 Å². The number of fused-ring (bicyclic) bond motifs is 1. The molecule has 2 rings (SSSR count). The molecule has 1 aromatic rings. The number of aliphatic hydroxyl groups is 1. The first kappa shape index (κ1) is 8.92. The quantitative estimate of drug-likeness (QED) is 0.751. The predicted molar refractivity (Wildman–Crippen MR) is 51.2 cm³/mol. The molecule has 0 bridgehead atoms. The Morgan fingerprint density at radius 2 is 2.15 bits per heavy atom. The summed E-state index contributed by atoms with van der Waals surface area (Å²) in [4.78, 5) is 0. The molecule has 0 saturated heterocycles. The van der Waals surface area contributed by atoms with Crippen molar-refractivity contribution in [2.24, 2.45) is 0 Å². The molecule has 1 aliphatic heterocycles. The number of aliphatic hydroxyl groups excluding tert-OH is 1. The van der Waals surface area contributed by atoms with Crippen LogP contribution in [0.5, 0.6) is 11.5 Å². The van der Waals surface area contributed by atoms with Gasteiger partial charge in [0.25, 0.3) is 0 Å². The van der Waals surface area contributed by atoms with Crippen LogP contribution >= 0.6 is 0 Å². The molecule has 1 N–H and O–H groups in total. The normalized spacial score (nSPS) is 14.2. The second-order valence-electron chi connectivity index (χ2n) is 2.72. The zero-order chi connectivity index (χ0) is 9.10. The van der Waals surface area contributed by atoms with Crippen LogP contribution in [0.2, 0.25) is 5.21 Å². The molecule has 0 fully saturated rings. The number of ether oxygens (including phenoxy) is 2. The van der Waals surface area contributed by atoms with E-state index in [2.05, 4.69) is 6.07 Å². The first-order chi connectivity index (χ1) is 6.40. The van der Waals surface area contributed by atoms with Gasteiger partial charge in [-0.1, -0.05) is 0 Å². The van der Waals surface area contributed by atoms with Crippen LogP contribution in [0.3, 0.4) is 0 Å². The van der Waals surface area contributed by atoms with Crippen molar-refractivity contribution >= 4 is 20.1 Å². The standard InChI is InChI=1S/C9H11AsO3/c11-4-3-10-7-1-2-8-9(5-7)13-6-12-8/h1-2,5,10-11H,3-4,6H2. The molecule has 0 saturated carbocycles. The molecule has 1 aromatic carbocycles. The molecule has 13 heavy (non-hydrogen) atoms. The summed E-state index contributed by atoms with van der Waals surface area (Å²) in [6.07, 6.45) is 0. The van der Waals surface area contributed by atoms with Gasteiger partial charge in [-0.3, -0.25) is 0 Å². The minimum atomic E-state index is -0.196. The van der Waals surface area contributed by atoms with Gasteiger partial charge in [0.2, 0.25) is 0 Å². The molecule has 0 spiro atoms. The van der Waals surface area contributed by atoms with Crippen molar-refractivity contribution in [3.8, 4) is 11.5 Å². The van der Waals surface area contributed by atoms with Gasteiger partial charge in [-0.2, -0.15) is 0 Å². The fourth-order valence-electron chi connectivity index (χ4n) is 1.21. The summed E-state index contributed by atoms with van der Waals surface area (Å²) in [5.74, 6) is 1.68. The fraction of sp³-hybridized carbons (Fsp3) is 0.333. The minimum absolute atomic E-state index is 0.196. The number of benzene rings is 1. The van der Waals surface area contributed by atoms with E-state index in [0.29, 0.717) is 6.79 Å². The first-order valence-electron chi connectivity index (χ1n) is 4.14. The Labute approximate surface area is 83.4 Å². The van der Waals surface area contributed by atoms with Crippen LogP contribution in [0.1, 0.15) is 0 Å². The summed E-state index contributed by atoms with van der Waals surface area (Å²) in [6, 6.07) is 6.03. The van der Waals surface area contributed by atoms with E-state index < -0.39 is 0 Å². The molecule has 1 atom stereocenters. The molecule has 70 valence electrons. The van der Waals surface area contributed by atoms with Gasteiger partial charge >= 0.3 is 83.0 Å². The van der Waals surface area contributed by atoms with Crippen LogP contribution in [0, 0.1) is 0 Å². The van der Waals surface area contributed by atoms with Crippen LogP contribution in [-0.2, 0) is 0 Å². The van der Waals surface area contributed by atoms with Gasteiger partial charge < -0.3 is 0 Å². The van der Waals surface area contributed by atoms with Gasteiger partial charge in [0.1, 0.15) is 0 Å². The Morgan fingerprint density at radius 1 is 1.31 bits per heavy atom. The second-order valence-corrected chi connectivity index (χ2v) is 5.72. The summed E-state index contributed by atoms with van der Waals surface area (Å²) >= 11 is -0.196. The van der Waals surface area contributed by atoms with E-state index in [0.717, 1.165) is 16.7 Å². The van der Waals surface area contributed by atoms with Gasteiger partial charge in [-0.15, -0.1) is 0 Å². The van der Waals surface area contributed by atoms with Crippen LogP contribution in [-0.4, -0.2) is 34.3 Å². The summed E-state index contributed by atoms with van der Waals surface area (Å²) in [5.41, 5.74) is 0. The van der Waals surface area contributed by atoms with E-state index in [4.69, 9.17) is 14.6 Å². The molecule has 3 nitrogen and oxygen atoms in total. The average Bonchev–Trinajstić information content (AvgIpc) is 2.61. The molecule has 4 heteroatoms. The summed E-state index contributed by atoms with van der Waals surface area (Å²) < 4.78 is 11.8. The van der Waals surface area contributed by atoms with E-state index in [1.807, 2.05) is 12.1 Å². The van der Waals surface area contributed by atoms with E-state index in [1.54, 1.807) is 0 Å². The Morgan fingerprint density at radius 3 is 3.00 bits per heavy atom. The Bertz CT molecular complexity index is 301. The SMILES string of the molecule is OCC[AsH]c1ccc2c(c1)OCO2. The van der Waals surface area contributed by atoms with Crippen molar-refractivity contribution in [3.05, 3.63) is 18.2 Å². The zero-order valence-corrected chi connectivity index (χ0v) is 9.22. The third-order valence-electron chi connectivity index (χ3n) is 1.81. The molecule has 0 amide bonds. The number of rotatable bonds is 3. The molecule has 0 aromatic heterocycles. The molecule has 1 aliphatic rings. The van der Waals surface area contributed by atoms with Crippen molar-refractivity contribution in [1.29, 1.82) is 0 Å². The molecule has 0 aliphatic carbocycles. The number of hydrogen-bond acceptors (Lipinski definition) is 3.